The van der Waals surface area contributed by atoms with Gasteiger partial charge in [0.2, 0.25) is 0 Å². The molecular weight excluding hydrogens is 214 g/mol. The number of carboxylic acids is 1. The molecule has 0 saturated carbocycles. The predicted octanol–water partition coefficient (Wildman–Crippen LogP) is 2.41. The Bertz CT molecular complexity index is 384. The van der Waals surface area contributed by atoms with E-state index in [-0.39, 0.29) is 0 Å². The zero-order valence-corrected chi connectivity index (χ0v) is 10.3. The first-order chi connectivity index (χ1) is 8.09. The van der Waals surface area contributed by atoms with E-state index in [1.807, 2.05) is 25.1 Å². The maximum Gasteiger partial charge on any atom is 0.328 e. The Morgan fingerprint density at radius 1 is 1.41 bits per heavy atom. The van der Waals surface area contributed by atoms with Crippen molar-refractivity contribution in [3.05, 3.63) is 47.5 Å². The Labute approximate surface area is 102 Å². The fourth-order valence-electron chi connectivity index (χ4n) is 1.65. The van der Waals surface area contributed by atoms with Crippen LogP contribution in [0, 0.1) is 0 Å². The van der Waals surface area contributed by atoms with Crippen LogP contribution in [0.25, 0.3) is 0 Å². The molecule has 3 nitrogen and oxygen atoms in total. The van der Waals surface area contributed by atoms with Gasteiger partial charge in [-0.15, -0.1) is 0 Å². The monoisotopic (exact) mass is 233 g/mol. The van der Waals surface area contributed by atoms with E-state index in [1.54, 1.807) is 0 Å². The smallest absolute Gasteiger partial charge is 0.328 e. The number of nitrogens with one attached hydrogen (secondary N) is 1. The van der Waals surface area contributed by atoms with Gasteiger partial charge in [-0.1, -0.05) is 42.8 Å². The second-order valence-corrected chi connectivity index (χ2v) is 4.27. The van der Waals surface area contributed by atoms with Crippen LogP contribution in [0.5, 0.6) is 0 Å². The lowest BCUT2D eigenvalue weighted by molar-refractivity contribution is -0.131. The Hall–Kier alpha value is -1.61. The molecule has 2 N–H and O–H groups in total. The van der Waals surface area contributed by atoms with Crippen LogP contribution < -0.4 is 5.32 Å². The zero-order chi connectivity index (χ0) is 12.7. The third-order valence-electron chi connectivity index (χ3n) is 2.59. The molecule has 0 aliphatic heterocycles. The van der Waals surface area contributed by atoms with Gasteiger partial charge in [0.15, 0.2) is 0 Å². The summed E-state index contributed by atoms with van der Waals surface area (Å²) < 4.78 is 0. The largest absolute Gasteiger partial charge is 0.478 e. The van der Waals surface area contributed by atoms with Crippen LogP contribution in [0.4, 0.5) is 0 Å². The first-order valence-corrected chi connectivity index (χ1v) is 5.75. The molecule has 1 aromatic carbocycles. The lowest BCUT2D eigenvalue weighted by Gasteiger charge is -2.13. The molecule has 1 rings (SSSR count). The molecule has 92 valence electrons. The van der Waals surface area contributed by atoms with Crippen LogP contribution in [-0.4, -0.2) is 24.2 Å². The first kappa shape index (κ1) is 13.5. The highest BCUT2D eigenvalue weighted by Crippen LogP contribution is 2.12. The quantitative estimate of drug-likeness (QED) is 0.742. The molecule has 0 aliphatic carbocycles. The van der Waals surface area contributed by atoms with Crippen molar-refractivity contribution in [2.75, 3.05) is 13.1 Å². The molecule has 0 spiro atoms. The molecule has 3 heteroatoms. The highest BCUT2D eigenvalue weighted by atomic mass is 16.4. The molecule has 1 aromatic rings. The van der Waals surface area contributed by atoms with Gasteiger partial charge in [0.25, 0.3) is 0 Å². The molecule has 0 amide bonds. The SMILES string of the molecule is C/C(=C\C(=O)O)CNCC(C)c1ccccc1. The molecular formula is C14H19NO2. The molecule has 1 atom stereocenters. The Kier molecular flexibility index (Phi) is 5.43. The lowest BCUT2D eigenvalue weighted by Crippen LogP contribution is -2.22. The maximum atomic E-state index is 10.4. The molecule has 0 aliphatic rings. The number of hydrogen-bond donors (Lipinski definition) is 2. The van der Waals surface area contributed by atoms with E-state index in [2.05, 4.69) is 24.4 Å². The van der Waals surface area contributed by atoms with E-state index >= 15 is 0 Å². The van der Waals surface area contributed by atoms with Crippen LogP contribution in [0.3, 0.4) is 0 Å². The van der Waals surface area contributed by atoms with Gasteiger partial charge in [-0.3, -0.25) is 0 Å². The second-order valence-electron chi connectivity index (χ2n) is 4.27. The number of aliphatic carboxylic acids is 1. The summed E-state index contributed by atoms with van der Waals surface area (Å²) in [6.45, 7) is 5.42. The molecule has 0 bridgehead atoms. The average Bonchev–Trinajstić information content (AvgIpc) is 2.29. The van der Waals surface area contributed by atoms with Gasteiger partial charge in [-0.05, 0) is 18.4 Å². The van der Waals surface area contributed by atoms with Crippen molar-refractivity contribution in [2.24, 2.45) is 0 Å². The third-order valence-corrected chi connectivity index (χ3v) is 2.59. The van der Waals surface area contributed by atoms with Gasteiger partial charge in [0, 0.05) is 19.2 Å². The van der Waals surface area contributed by atoms with Gasteiger partial charge in [-0.25, -0.2) is 4.79 Å². The van der Waals surface area contributed by atoms with E-state index in [4.69, 9.17) is 5.11 Å². The fourth-order valence-corrected chi connectivity index (χ4v) is 1.65. The van der Waals surface area contributed by atoms with Gasteiger partial charge in [0.05, 0.1) is 0 Å². The minimum absolute atomic E-state index is 0.425. The minimum atomic E-state index is -0.889. The number of hydrogen-bond acceptors (Lipinski definition) is 2. The van der Waals surface area contributed by atoms with Crippen molar-refractivity contribution in [2.45, 2.75) is 19.8 Å². The summed E-state index contributed by atoms with van der Waals surface area (Å²) in [6, 6.07) is 10.3. The third kappa shape index (κ3) is 5.31. The molecule has 0 saturated heterocycles. The molecule has 0 radical (unpaired) electrons. The summed E-state index contributed by atoms with van der Waals surface area (Å²) in [5.74, 6) is -0.464. The fraction of sp³-hybridized carbons (Fsp3) is 0.357. The number of rotatable bonds is 6. The van der Waals surface area contributed by atoms with Gasteiger partial charge in [0.1, 0.15) is 0 Å². The highest BCUT2D eigenvalue weighted by molar-refractivity contribution is 5.80. The summed E-state index contributed by atoms with van der Waals surface area (Å²) in [4.78, 5) is 10.4. The standard InChI is InChI=1S/C14H19NO2/c1-11(8-14(16)17)9-15-10-12(2)13-6-4-3-5-7-13/h3-8,12,15H,9-10H2,1-2H3,(H,16,17)/b11-8+. The summed E-state index contributed by atoms with van der Waals surface area (Å²) in [7, 11) is 0. The van der Waals surface area contributed by atoms with E-state index in [9.17, 15) is 4.79 Å². The van der Waals surface area contributed by atoms with Crippen LogP contribution in [0.15, 0.2) is 42.0 Å². The minimum Gasteiger partial charge on any atom is -0.478 e. The van der Waals surface area contributed by atoms with Crippen LogP contribution >= 0.6 is 0 Å². The van der Waals surface area contributed by atoms with Crippen molar-refractivity contribution in [1.82, 2.24) is 5.32 Å². The molecule has 1 unspecified atom stereocenters. The number of carbonyl (C=O) groups is 1. The Morgan fingerprint density at radius 3 is 2.65 bits per heavy atom. The second kappa shape index (κ2) is 6.86. The molecule has 0 fully saturated rings. The number of benzene rings is 1. The summed E-state index contributed by atoms with van der Waals surface area (Å²) in [5.41, 5.74) is 2.12. The Morgan fingerprint density at radius 2 is 2.06 bits per heavy atom. The molecule has 0 aromatic heterocycles. The molecule has 0 heterocycles. The maximum absolute atomic E-state index is 10.4. The predicted molar refractivity (Wildman–Crippen MR) is 69.1 cm³/mol. The Balaban J connectivity index is 2.35. The average molecular weight is 233 g/mol. The molecule has 17 heavy (non-hydrogen) atoms. The van der Waals surface area contributed by atoms with Gasteiger partial charge in [-0.2, -0.15) is 0 Å². The van der Waals surface area contributed by atoms with E-state index in [0.717, 1.165) is 12.1 Å². The van der Waals surface area contributed by atoms with E-state index < -0.39 is 5.97 Å². The number of carboxylic acid groups (broad SMARTS) is 1. The summed E-state index contributed by atoms with van der Waals surface area (Å²) >= 11 is 0. The van der Waals surface area contributed by atoms with E-state index in [0.29, 0.717) is 12.5 Å². The van der Waals surface area contributed by atoms with Crippen molar-refractivity contribution < 1.29 is 9.90 Å². The zero-order valence-electron chi connectivity index (χ0n) is 10.3. The first-order valence-electron chi connectivity index (χ1n) is 5.75. The van der Waals surface area contributed by atoms with Crippen LogP contribution in [-0.2, 0) is 4.79 Å². The van der Waals surface area contributed by atoms with Crippen molar-refractivity contribution in [1.29, 1.82) is 0 Å². The van der Waals surface area contributed by atoms with Crippen LogP contribution in [0.2, 0.25) is 0 Å². The topological polar surface area (TPSA) is 49.3 Å². The highest BCUT2D eigenvalue weighted by Gasteiger charge is 2.03. The van der Waals surface area contributed by atoms with Gasteiger partial charge < -0.3 is 10.4 Å². The van der Waals surface area contributed by atoms with Crippen molar-refractivity contribution in [3.8, 4) is 0 Å². The lowest BCUT2D eigenvalue weighted by atomic mass is 10.0. The van der Waals surface area contributed by atoms with E-state index in [1.165, 1.54) is 11.6 Å². The van der Waals surface area contributed by atoms with Crippen molar-refractivity contribution in [3.63, 3.8) is 0 Å². The van der Waals surface area contributed by atoms with Crippen molar-refractivity contribution >= 4 is 5.97 Å². The summed E-state index contributed by atoms with van der Waals surface area (Å²) in [5, 5.41) is 11.8. The van der Waals surface area contributed by atoms with Crippen LogP contribution in [0.1, 0.15) is 25.3 Å². The summed E-state index contributed by atoms with van der Waals surface area (Å²) in [6.07, 6.45) is 1.24. The normalized spacial score (nSPS) is 13.4. The van der Waals surface area contributed by atoms with Gasteiger partial charge >= 0.3 is 5.97 Å².